The predicted octanol–water partition coefficient (Wildman–Crippen LogP) is 5.17. The van der Waals surface area contributed by atoms with E-state index in [1.165, 1.54) is 11.1 Å². The van der Waals surface area contributed by atoms with Crippen LogP contribution in [0, 0.1) is 0 Å². The third-order valence-electron chi connectivity index (χ3n) is 6.95. The smallest absolute Gasteiger partial charge is 0.235 e. The summed E-state index contributed by atoms with van der Waals surface area (Å²) in [6.45, 7) is 0.936. The van der Waals surface area contributed by atoms with E-state index < -0.39 is 5.41 Å². The molecular weight excluding hydrogens is 408 g/mol. The van der Waals surface area contributed by atoms with Crippen LogP contribution in [0.1, 0.15) is 40.3 Å². The van der Waals surface area contributed by atoms with Crippen molar-refractivity contribution in [1.29, 1.82) is 0 Å². The van der Waals surface area contributed by atoms with E-state index in [2.05, 4.69) is 95.2 Å². The molecule has 1 aliphatic carbocycles. The maximum Gasteiger partial charge on any atom is 0.235 e. The minimum absolute atomic E-state index is 0.124. The number of hydrogen-bond donors (Lipinski definition) is 2. The lowest BCUT2D eigenvalue weighted by atomic mass is 9.92. The lowest BCUT2D eigenvalue weighted by Gasteiger charge is -2.09. The molecule has 0 bridgehead atoms. The molecule has 1 aromatic heterocycles. The van der Waals surface area contributed by atoms with E-state index in [1.54, 1.807) is 0 Å². The second kappa shape index (κ2) is 7.42. The molecule has 6 rings (SSSR count). The number of para-hydroxylation sites is 1. The van der Waals surface area contributed by atoms with Gasteiger partial charge in [-0.1, -0.05) is 60.7 Å². The topological polar surface area (TPSA) is 61.0 Å². The van der Waals surface area contributed by atoms with Gasteiger partial charge in [0.2, 0.25) is 5.91 Å². The van der Waals surface area contributed by atoms with Crippen LogP contribution in [0.2, 0.25) is 0 Å². The van der Waals surface area contributed by atoms with Crippen LogP contribution in [-0.2, 0) is 16.8 Å². The number of aromatic amines is 1. The summed E-state index contributed by atoms with van der Waals surface area (Å²) >= 11 is 0. The van der Waals surface area contributed by atoms with Crippen molar-refractivity contribution in [3.05, 3.63) is 94.7 Å². The van der Waals surface area contributed by atoms with Crippen LogP contribution in [0.25, 0.3) is 23.1 Å². The Bertz CT molecular complexity index is 1400. The fourth-order valence-electron chi connectivity index (χ4n) is 5.23. The molecule has 33 heavy (non-hydrogen) atoms. The Labute approximate surface area is 193 Å². The summed E-state index contributed by atoms with van der Waals surface area (Å²) in [4.78, 5) is 15.0. The third kappa shape index (κ3) is 3.28. The lowest BCUT2D eigenvalue weighted by Crippen LogP contribution is -2.20. The van der Waals surface area contributed by atoms with Crippen molar-refractivity contribution < 1.29 is 4.79 Å². The molecule has 0 unspecified atom stereocenters. The summed E-state index contributed by atoms with van der Waals surface area (Å²) in [5, 5.41) is 11.9. The summed E-state index contributed by atoms with van der Waals surface area (Å²) < 4.78 is 0. The number of amides is 1. The maximum atomic E-state index is 12.8. The Kier molecular flexibility index (Phi) is 4.49. The van der Waals surface area contributed by atoms with E-state index in [1.807, 2.05) is 18.2 Å². The summed E-state index contributed by atoms with van der Waals surface area (Å²) in [7, 11) is 4.15. The van der Waals surface area contributed by atoms with Crippen LogP contribution in [0.3, 0.4) is 0 Å². The van der Waals surface area contributed by atoms with Gasteiger partial charge in [0.05, 0.1) is 16.6 Å². The fraction of sp³-hybridized carbons (Fsp3) is 0.214. The molecule has 1 aliphatic heterocycles. The van der Waals surface area contributed by atoms with Crippen molar-refractivity contribution >= 4 is 34.6 Å². The van der Waals surface area contributed by atoms with Crippen LogP contribution >= 0.6 is 0 Å². The average molecular weight is 435 g/mol. The van der Waals surface area contributed by atoms with Gasteiger partial charge < -0.3 is 10.2 Å². The second-order valence-electron chi connectivity index (χ2n) is 9.45. The Morgan fingerprint density at radius 2 is 1.88 bits per heavy atom. The van der Waals surface area contributed by atoms with Gasteiger partial charge in [-0.05, 0) is 61.0 Å². The first-order valence-electron chi connectivity index (χ1n) is 11.4. The molecule has 4 aromatic rings. The highest BCUT2D eigenvalue weighted by molar-refractivity contribution is 6.09. The van der Waals surface area contributed by atoms with Crippen LogP contribution in [0.5, 0.6) is 0 Å². The second-order valence-corrected chi connectivity index (χ2v) is 9.45. The summed E-state index contributed by atoms with van der Waals surface area (Å²) in [6.07, 6.45) is 5.00. The molecule has 1 amide bonds. The zero-order chi connectivity index (χ0) is 22.6. The molecule has 2 N–H and O–H groups in total. The Hall–Kier alpha value is -3.70. The van der Waals surface area contributed by atoms with Gasteiger partial charge in [0, 0.05) is 23.5 Å². The van der Waals surface area contributed by atoms with Crippen molar-refractivity contribution in [2.75, 3.05) is 19.4 Å². The summed E-state index contributed by atoms with van der Waals surface area (Å²) in [6, 6.07) is 23.1. The monoisotopic (exact) mass is 434 g/mol. The average Bonchev–Trinajstić information content (AvgIpc) is 3.35. The maximum absolute atomic E-state index is 12.8. The van der Waals surface area contributed by atoms with E-state index in [-0.39, 0.29) is 11.8 Å². The zero-order valence-corrected chi connectivity index (χ0v) is 18.8. The summed E-state index contributed by atoms with van der Waals surface area (Å²) in [5.74, 6) is 0.326. The molecule has 164 valence electrons. The number of benzene rings is 3. The predicted molar refractivity (Wildman–Crippen MR) is 133 cm³/mol. The minimum Gasteiger partial charge on any atom is -0.325 e. The van der Waals surface area contributed by atoms with Crippen molar-refractivity contribution in [3.8, 4) is 0 Å². The molecule has 2 aliphatic rings. The first-order valence-corrected chi connectivity index (χ1v) is 11.4. The Morgan fingerprint density at radius 1 is 1.06 bits per heavy atom. The number of hydrogen-bond acceptors (Lipinski definition) is 3. The van der Waals surface area contributed by atoms with Gasteiger partial charge in [-0.15, -0.1) is 0 Å². The highest BCUT2D eigenvalue weighted by Gasteiger charge is 2.65. The lowest BCUT2D eigenvalue weighted by molar-refractivity contribution is -0.118. The van der Waals surface area contributed by atoms with E-state index >= 15 is 0 Å². The van der Waals surface area contributed by atoms with Gasteiger partial charge in [0.15, 0.2) is 0 Å². The standard InChI is InChI=1S/C28H26N4O/c1-32(2)17-19-9-7-18(8-10-19)11-14-24-21-13-12-20(15-26(21)31-30-24)23-16-28(23)22-5-3-4-6-25(22)29-27(28)33/h3-15,23H,16-17H2,1-2H3,(H,29,33)(H,30,31)/t23-,28-/m0/s1. The van der Waals surface area contributed by atoms with Gasteiger partial charge in [0.25, 0.3) is 0 Å². The van der Waals surface area contributed by atoms with E-state index in [0.29, 0.717) is 0 Å². The van der Waals surface area contributed by atoms with Crippen LogP contribution in [0.15, 0.2) is 66.7 Å². The van der Waals surface area contributed by atoms with Crippen LogP contribution < -0.4 is 5.32 Å². The molecule has 0 radical (unpaired) electrons. The van der Waals surface area contributed by atoms with Crippen LogP contribution in [-0.4, -0.2) is 35.1 Å². The fourth-order valence-corrected chi connectivity index (χ4v) is 5.23. The van der Waals surface area contributed by atoms with E-state index in [9.17, 15) is 4.79 Å². The Balaban J connectivity index is 1.24. The molecule has 2 atom stereocenters. The number of rotatable bonds is 5. The molecular formula is C28H26N4O. The van der Waals surface area contributed by atoms with Crippen molar-refractivity contribution in [2.45, 2.75) is 24.3 Å². The molecule has 1 saturated carbocycles. The number of nitrogens with zero attached hydrogens (tertiary/aromatic N) is 2. The van der Waals surface area contributed by atoms with Gasteiger partial charge in [-0.3, -0.25) is 9.89 Å². The number of nitrogens with one attached hydrogen (secondary N) is 2. The molecule has 0 saturated heterocycles. The highest BCUT2D eigenvalue weighted by atomic mass is 16.2. The zero-order valence-electron chi connectivity index (χ0n) is 18.8. The molecule has 1 spiro atoms. The van der Waals surface area contributed by atoms with E-state index in [4.69, 9.17) is 0 Å². The number of carbonyl (C=O) groups is 1. The Morgan fingerprint density at radius 3 is 2.70 bits per heavy atom. The van der Waals surface area contributed by atoms with Gasteiger partial charge >= 0.3 is 0 Å². The molecule has 1 fully saturated rings. The number of fused-ring (bicyclic) bond motifs is 3. The number of anilines is 1. The van der Waals surface area contributed by atoms with Gasteiger partial charge in [-0.25, -0.2) is 0 Å². The van der Waals surface area contributed by atoms with Crippen molar-refractivity contribution in [2.24, 2.45) is 0 Å². The first kappa shape index (κ1) is 19.9. The highest BCUT2D eigenvalue weighted by Crippen LogP contribution is 2.64. The van der Waals surface area contributed by atoms with Gasteiger partial charge in [0.1, 0.15) is 0 Å². The van der Waals surface area contributed by atoms with E-state index in [0.717, 1.165) is 46.4 Å². The minimum atomic E-state index is -0.411. The van der Waals surface area contributed by atoms with Crippen LogP contribution in [0.4, 0.5) is 5.69 Å². The molecule has 3 aromatic carbocycles. The normalized spacial score (nSPS) is 21.3. The number of H-pyrrole nitrogens is 1. The SMILES string of the molecule is CN(C)Cc1ccc(C=Cc2n[nH]c3cc([C@@H]4C[C@@]45C(=O)Nc4ccccc45)ccc23)cc1. The third-order valence-corrected chi connectivity index (χ3v) is 6.95. The van der Waals surface area contributed by atoms with Crippen molar-refractivity contribution in [3.63, 3.8) is 0 Å². The quantitative estimate of drug-likeness (QED) is 0.455. The number of carbonyl (C=O) groups excluding carboxylic acids is 1. The van der Waals surface area contributed by atoms with Gasteiger partial charge in [-0.2, -0.15) is 5.10 Å². The summed E-state index contributed by atoms with van der Waals surface area (Å²) in [5.41, 5.74) is 7.23. The number of aromatic nitrogens is 2. The first-order chi connectivity index (χ1) is 16.0. The largest absolute Gasteiger partial charge is 0.325 e. The molecule has 5 nitrogen and oxygen atoms in total. The molecule has 5 heteroatoms. The van der Waals surface area contributed by atoms with Crippen molar-refractivity contribution in [1.82, 2.24) is 15.1 Å². The molecule has 2 heterocycles.